The molecular formula is C15H23NO2. The average molecular weight is 249 g/mol. The smallest absolute Gasteiger partial charge is 0.123 e. The number of rotatable bonds is 8. The quantitative estimate of drug-likeness (QED) is 0.718. The number of hydrogen-bond donors (Lipinski definition) is 1. The van der Waals surface area contributed by atoms with Gasteiger partial charge in [-0.25, -0.2) is 0 Å². The topological polar surface area (TPSA) is 30.5 Å². The third kappa shape index (κ3) is 4.00. The van der Waals surface area contributed by atoms with Crippen LogP contribution in [0.25, 0.3) is 0 Å². The molecule has 0 bridgehead atoms. The van der Waals surface area contributed by atoms with Crippen LogP contribution >= 0.6 is 0 Å². The van der Waals surface area contributed by atoms with E-state index in [9.17, 15) is 0 Å². The molecule has 2 rings (SSSR count). The molecule has 1 aliphatic heterocycles. The van der Waals surface area contributed by atoms with Gasteiger partial charge < -0.3 is 14.8 Å². The van der Waals surface area contributed by atoms with Crippen LogP contribution in [-0.2, 0) is 11.2 Å². The van der Waals surface area contributed by atoms with Gasteiger partial charge in [0.2, 0.25) is 0 Å². The third-order valence-electron chi connectivity index (χ3n) is 3.29. The van der Waals surface area contributed by atoms with E-state index in [2.05, 4.69) is 23.5 Å². The Balaban J connectivity index is 1.54. The van der Waals surface area contributed by atoms with Crippen LogP contribution in [0.2, 0.25) is 0 Å². The first-order valence-electron chi connectivity index (χ1n) is 6.84. The summed E-state index contributed by atoms with van der Waals surface area (Å²) in [6.45, 7) is 2.89. The van der Waals surface area contributed by atoms with E-state index in [1.165, 1.54) is 18.4 Å². The molecule has 3 nitrogen and oxygen atoms in total. The van der Waals surface area contributed by atoms with Crippen LogP contribution < -0.4 is 10.1 Å². The standard InChI is InChI=1S/C15H23NO2/c1-17-10-6-2-5-9-16-12-14-11-13-7-3-4-8-15(13)18-14/h3-4,7-8,14,16H,2,5-6,9-12H2,1H3. The van der Waals surface area contributed by atoms with Crippen LogP contribution in [0, 0.1) is 0 Å². The first-order chi connectivity index (χ1) is 8.90. The van der Waals surface area contributed by atoms with E-state index >= 15 is 0 Å². The predicted molar refractivity (Wildman–Crippen MR) is 73.2 cm³/mol. The molecule has 0 radical (unpaired) electrons. The molecule has 0 saturated carbocycles. The molecule has 18 heavy (non-hydrogen) atoms. The van der Waals surface area contributed by atoms with E-state index in [0.29, 0.717) is 6.10 Å². The van der Waals surface area contributed by atoms with Crippen LogP contribution in [0.1, 0.15) is 24.8 Å². The molecule has 3 heteroatoms. The van der Waals surface area contributed by atoms with Crippen molar-refractivity contribution in [3.63, 3.8) is 0 Å². The molecule has 1 aromatic rings. The van der Waals surface area contributed by atoms with Crippen molar-refractivity contribution >= 4 is 0 Å². The van der Waals surface area contributed by atoms with Crippen molar-refractivity contribution in [3.05, 3.63) is 29.8 Å². The number of hydrogen-bond acceptors (Lipinski definition) is 3. The Kier molecular flexibility index (Phi) is 5.49. The Morgan fingerprint density at radius 3 is 3.00 bits per heavy atom. The van der Waals surface area contributed by atoms with Gasteiger partial charge in [0, 0.05) is 26.7 Å². The number of benzene rings is 1. The molecule has 1 heterocycles. The van der Waals surface area contributed by atoms with E-state index < -0.39 is 0 Å². The van der Waals surface area contributed by atoms with Gasteiger partial charge in [0.1, 0.15) is 11.9 Å². The van der Waals surface area contributed by atoms with Gasteiger partial charge in [0.05, 0.1) is 0 Å². The first-order valence-corrected chi connectivity index (χ1v) is 6.84. The minimum Gasteiger partial charge on any atom is -0.488 e. The second-order valence-electron chi connectivity index (χ2n) is 4.81. The second kappa shape index (κ2) is 7.39. The lowest BCUT2D eigenvalue weighted by Crippen LogP contribution is -2.30. The molecule has 1 unspecified atom stereocenters. The summed E-state index contributed by atoms with van der Waals surface area (Å²) in [5, 5.41) is 3.47. The summed E-state index contributed by atoms with van der Waals surface area (Å²) < 4.78 is 10.9. The van der Waals surface area contributed by atoms with Crippen molar-refractivity contribution in [3.8, 4) is 5.75 Å². The lowest BCUT2D eigenvalue weighted by molar-refractivity contribution is 0.191. The van der Waals surface area contributed by atoms with Crippen molar-refractivity contribution in [1.29, 1.82) is 0 Å². The normalized spacial score (nSPS) is 17.5. The molecule has 0 aromatic heterocycles. The van der Waals surface area contributed by atoms with Crippen molar-refractivity contribution in [1.82, 2.24) is 5.32 Å². The molecule has 100 valence electrons. The summed E-state index contributed by atoms with van der Waals surface area (Å²) in [6.07, 6.45) is 4.94. The van der Waals surface area contributed by atoms with Crippen molar-refractivity contribution in [2.75, 3.05) is 26.8 Å². The SMILES string of the molecule is COCCCCCNCC1Cc2ccccc2O1. The van der Waals surface area contributed by atoms with Crippen LogP contribution in [0.4, 0.5) is 0 Å². The van der Waals surface area contributed by atoms with Gasteiger partial charge in [-0.15, -0.1) is 0 Å². The number of para-hydroxylation sites is 1. The van der Waals surface area contributed by atoms with Gasteiger partial charge >= 0.3 is 0 Å². The van der Waals surface area contributed by atoms with E-state index in [1.54, 1.807) is 7.11 Å². The minimum atomic E-state index is 0.307. The molecule has 0 aliphatic carbocycles. The Morgan fingerprint density at radius 1 is 1.28 bits per heavy atom. The highest BCUT2D eigenvalue weighted by Gasteiger charge is 2.21. The Hall–Kier alpha value is -1.06. The lowest BCUT2D eigenvalue weighted by atomic mass is 10.1. The average Bonchev–Trinajstić information content (AvgIpc) is 2.80. The largest absolute Gasteiger partial charge is 0.488 e. The maximum atomic E-state index is 5.87. The summed E-state index contributed by atoms with van der Waals surface area (Å²) >= 11 is 0. The number of fused-ring (bicyclic) bond motifs is 1. The van der Waals surface area contributed by atoms with Gasteiger partial charge in [0.25, 0.3) is 0 Å². The molecule has 1 atom stereocenters. The summed E-state index contributed by atoms with van der Waals surface area (Å²) in [6, 6.07) is 8.32. The Morgan fingerprint density at radius 2 is 2.17 bits per heavy atom. The third-order valence-corrected chi connectivity index (χ3v) is 3.29. The van der Waals surface area contributed by atoms with Crippen LogP contribution in [0.15, 0.2) is 24.3 Å². The number of unbranched alkanes of at least 4 members (excludes halogenated alkanes) is 2. The van der Waals surface area contributed by atoms with Crippen molar-refractivity contribution in [2.24, 2.45) is 0 Å². The summed E-state index contributed by atoms with van der Waals surface area (Å²) in [4.78, 5) is 0. The Labute approximate surface area is 109 Å². The fraction of sp³-hybridized carbons (Fsp3) is 0.600. The van der Waals surface area contributed by atoms with Crippen LogP contribution in [0.5, 0.6) is 5.75 Å². The first kappa shape index (κ1) is 13.4. The van der Waals surface area contributed by atoms with E-state index in [-0.39, 0.29) is 0 Å². The van der Waals surface area contributed by atoms with Gasteiger partial charge in [-0.3, -0.25) is 0 Å². The van der Waals surface area contributed by atoms with E-state index in [1.807, 2.05) is 6.07 Å². The van der Waals surface area contributed by atoms with Gasteiger partial charge in [0.15, 0.2) is 0 Å². The number of nitrogens with one attached hydrogen (secondary N) is 1. The second-order valence-corrected chi connectivity index (χ2v) is 4.81. The molecule has 1 aromatic carbocycles. The molecule has 0 fully saturated rings. The maximum Gasteiger partial charge on any atom is 0.123 e. The van der Waals surface area contributed by atoms with E-state index in [4.69, 9.17) is 9.47 Å². The van der Waals surface area contributed by atoms with Crippen molar-refractivity contribution < 1.29 is 9.47 Å². The van der Waals surface area contributed by atoms with Gasteiger partial charge in [-0.05, 0) is 37.4 Å². The number of ether oxygens (including phenoxy) is 2. The number of methoxy groups -OCH3 is 1. The molecule has 1 N–H and O–H groups in total. The summed E-state index contributed by atoms with van der Waals surface area (Å²) in [5.74, 6) is 1.06. The molecular weight excluding hydrogens is 226 g/mol. The Bertz CT molecular complexity index is 329. The molecule has 1 aliphatic rings. The predicted octanol–water partition coefficient (Wildman–Crippen LogP) is 2.40. The van der Waals surface area contributed by atoms with Gasteiger partial charge in [-0.2, -0.15) is 0 Å². The zero-order valence-corrected chi connectivity index (χ0v) is 11.2. The highest BCUT2D eigenvalue weighted by Crippen LogP contribution is 2.27. The maximum absolute atomic E-state index is 5.87. The lowest BCUT2D eigenvalue weighted by Gasteiger charge is -2.11. The monoisotopic (exact) mass is 249 g/mol. The molecule has 0 spiro atoms. The van der Waals surface area contributed by atoms with Crippen molar-refractivity contribution in [2.45, 2.75) is 31.8 Å². The highest BCUT2D eigenvalue weighted by molar-refractivity contribution is 5.37. The fourth-order valence-corrected chi connectivity index (χ4v) is 2.30. The summed E-state index contributed by atoms with van der Waals surface area (Å²) in [5.41, 5.74) is 1.34. The molecule has 0 amide bonds. The van der Waals surface area contributed by atoms with Crippen LogP contribution in [0.3, 0.4) is 0 Å². The van der Waals surface area contributed by atoms with Crippen LogP contribution in [-0.4, -0.2) is 32.9 Å². The highest BCUT2D eigenvalue weighted by atomic mass is 16.5. The molecule has 0 saturated heterocycles. The minimum absolute atomic E-state index is 0.307. The van der Waals surface area contributed by atoms with E-state index in [0.717, 1.165) is 38.3 Å². The zero-order valence-electron chi connectivity index (χ0n) is 11.2. The van der Waals surface area contributed by atoms with Gasteiger partial charge in [-0.1, -0.05) is 18.2 Å². The summed E-state index contributed by atoms with van der Waals surface area (Å²) in [7, 11) is 1.76. The zero-order chi connectivity index (χ0) is 12.6. The fourth-order valence-electron chi connectivity index (χ4n) is 2.30.